The van der Waals surface area contributed by atoms with Gasteiger partial charge in [0.2, 0.25) is 5.82 Å². The summed E-state index contributed by atoms with van der Waals surface area (Å²) in [4.78, 5) is 18.7. The first-order chi connectivity index (χ1) is 9.10. The fourth-order valence-corrected chi connectivity index (χ4v) is 2.09. The fraction of sp³-hybridized carbons (Fsp3) is 0.200. The van der Waals surface area contributed by atoms with Gasteiger partial charge >= 0.3 is 5.69 Å². The molecule has 8 nitrogen and oxygen atoms in total. The highest BCUT2D eigenvalue weighted by molar-refractivity contribution is 7.09. The monoisotopic (exact) mass is 280 g/mol. The van der Waals surface area contributed by atoms with Gasteiger partial charge in [0, 0.05) is 11.4 Å². The molecule has 0 spiro atoms. The van der Waals surface area contributed by atoms with Gasteiger partial charge in [-0.05, 0) is 13.0 Å². The maximum atomic E-state index is 10.9. The molecule has 0 unspecified atom stereocenters. The molecule has 100 valence electrons. The topological polar surface area (TPSA) is 119 Å². The minimum atomic E-state index is -0.498. The molecule has 0 aliphatic carbocycles. The number of hydrazine groups is 1. The maximum Gasteiger partial charge on any atom is 0.311 e. The van der Waals surface area contributed by atoms with Gasteiger partial charge in [0.25, 0.3) is 0 Å². The van der Waals surface area contributed by atoms with Gasteiger partial charge in [0.05, 0.1) is 22.2 Å². The molecule has 0 aliphatic heterocycles. The summed E-state index contributed by atoms with van der Waals surface area (Å²) in [5, 5.41) is 16.6. The molecule has 2 aromatic heterocycles. The SMILES string of the molecule is Cc1nc(CNc2nc(NN)ccc2[N+](=O)[O-])cs1. The van der Waals surface area contributed by atoms with E-state index in [0.717, 1.165) is 10.7 Å². The van der Waals surface area contributed by atoms with Crippen LogP contribution < -0.4 is 16.6 Å². The lowest BCUT2D eigenvalue weighted by atomic mass is 10.3. The van der Waals surface area contributed by atoms with E-state index in [4.69, 9.17) is 5.84 Å². The van der Waals surface area contributed by atoms with Crippen LogP contribution in [0.3, 0.4) is 0 Å². The van der Waals surface area contributed by atoms with Gasteiger partial charge in [-0.2, -0.15) is 0 Å². The van der Waals surface area contributed by atoms with Gasteiger partial charge in [0.1, 0.15) is 5.82 Å². The summed E-state index contributed by atoms with van der Waals surface area (Å²) >= 11 is 1.52. The van der Waals surface area contributed by atoms with Gasteiger partial charge < -0.3 is 10.7 Å². The van der Waals surface area contributed by atoms with Crippen LogP contribution in [0.1, 0.15) is 10.7 Å². The zero-order valence-corrected chi connectivity index (χ0v) is 10.9. The smallest absolute Gasteiger partial charge is 0.311 e. The largest absolute Gasteiger partial charge is 0.359 e. The second-order valence-electron chi connectivity index (χ2n) is 3.68. The number of pyridine rings is 1. The Bertz CT molecular complexity index is 599. The van der Waals surface area contributed by atoms with Crippen LogP contribution in [0.25, 0.3) is 0 Å². The molecule has 0 bridgehead atoms. The van der Waals surface area contributed by atoms with Crippen molar-refractivity contribution in [3.8, 4) is 0 Å². The van der Waals surface area contributed by atoms with Gasteiger partial charge in [-0.15, -0.1) is 11.3 Å². The summed E-state index contributed by atoms with van der Waals surface area (Å²) in [6, 6.07) is 2.78. The number of hydrogen-bond acceptors (Lipinski definition) is 8. The molecule has 4 N–H and O–H groups in total. The molecule has 0 atom stereocenters. The first-order valence-corrected chi connectivity index (χ1v) is 6.25. The van der Waals surface area contributed by atoms with Gasteiger partial charge in [0.15, 0.2) is 0 Å². The number of nitrogens with one attached hydrogen (secondary N) is 2. The quantitative estimate of drug-likeness (QED) is 0.433. The lowest BCUT2D eigenvalue weighted by Crippen LogP contribution is -2.11. The second kappa shape index (κ2) is 5.59. The fourth-order valence-electron chi connectivity index (χ4n) is 1.47. The van der Waals surface area contributed by atoms with E-state index in [0.29, 0.717) is 12.4 Å². The number of hydrogen-bond donors (Lipinski definition) is 3. The first kappa shape index (κ1) is 13.2. The van der Waals surface area contributed by atoms with Crippen molar-refractivity contribution in [1.82, 2.24) is 9.97 Å². The summed E-state index contributed by atoms with van der Waals surface area (Å²) in [7, 11) is 0. The third-order valence-corrected chi connectivity index (χ3v) is 3.14. The van der Waals surface area contributed by atoms with Crippen molar-refractivity contribution < 1.29 is 4.92 Å². The standard InChI is InChI=1S/C10H12N6O2S/c1-6-13-7(5-19-6)4-12-10-8(16(17)18)2-3-9(14-10)15-11/h2-3,5H,4,11H2,1H3,(H2,12,14,15). The number of thiazole rings is 1. The van der Waals surface area contributed by atoms with E-state index in [1.807, 2.05) is 12.3 Å². The van der Waals surface area contributed by atoms with Gasteiger partial charge in [-0.25, -0.2) is 15.8 Å². The zero-order valence-electron chi connectivity index (χ0n) is 10.1. The van der Waals surface area contributed by atoms with Crippen LogP contribution in [0.2, 0.25) is 0 Å². The minimum Gasteiger partial charge on any atom is -0.359 e. The van der Waals surface area contributed by atoms with Crippen molar-refractivity contribution in [2.45, 2.75) is 13.5 Å². The number of rotatable bonds is 5. The van der Waals surface area contributed by atoms with E-state index in [-0.39, 0.29) is 11.5 Å². The van der Waals surface area contributed by atoms with E-state index in [1.54, 1.807) is 0 Å². The summed E-state index contributed by atoms with van der Waals surface area (Å²) < 4.78 is 0. The third kappa shape index (κ3) is 3.14. The molecule has 0 amide bonds. The molecular weight excluding hydrogens is 268 g/mol. The molecule has 0 radical (unpaired) electrons. The Kier molecular flexibility index (Phi) is 3.88. The second-order valence-corrected chi connectivity index (χ2v) is 4.74. The molecule has 2 rings (SSSR count). The molecule has 2 heterocycles. The van der Waals surface area contributed by atoms with Crippen LogP contribution in [-0.4, -0.2) is 14.9 Å². The first-order valence-electron chi connectivity index (χ1n) is 5.37. The van der Waals surface area contributed by atoms with Crippen LogP contribution >= 0.6 is 11.3 Å². The number of nitrogens with two attached hydrogens (primary N) is 1. The Morgan fingerprint density at radius 3 is 2.84 bits per heavy atom. The Hall–Kier alpha value is -2.26. The van der Waals surface area contributed by atoms with Crippen molar-refractivity contribution >= 4 is 28.7 Å². The van der Waals surface area contributed by atoms with Crippen LogP contribution in [-0.2, 0) is 6.54 Å². The number of aryl methyl sites for hydroxylation is 1. The number of nitrogen functional groups attached to an aromatic ring is 1. The summed E-state index contributed by atoms with van der Waals surface area (Å²) in [6.07, 6.45) is 0. The van der Waals surface area contributed by atoms with Crippen LogP contribution in [0, 0.1) is 17.0 Å². The van der Waals surface area contributed by atoms with Crippen LogP contribution in [0.4, 0.5) is 17.3 Å². The van der Waals surface area contributed by atoms with Crippen molar-refractivity contribution in [2.24, 2.45) is 5.84 Å². The Morgan fingerprint density at radius 1 is 1.47 bits per heavy atom. The predicted octanol–water partition coefficient (Wildman–Crippen LogP) is 1.65. The molecule has 0 aromatic carbocycles. The lowest BCUT2D eigenvalue weighted by molar-refractivity contribution is -0.384. The van der Waals surface area contributed by atoms with Crippen molar-refractivity contribution in [1.29, 1.82) is 0 Å². The Balaban J connectivity index is 2.19. The summed E-state index contributed by atoms with van der Waals surface area (Å²) in [5.41, 5.74) is 3.05. The average molecular weight is 280 g/mol. The predicted molar refractivity (Wildman–Crippen MR) is 72.9 cm³/mol. The molecule has 0 saturated carbocycles. The van der Waals surface area contributed by atoms with E-state index in [1.165, 1.54) is 23.5 Å². The highest BCUT2D eigenvalue weighted by Crippen LogP contribution is 2.24. The van der Waals surface area contributed by atoms with Gasteiger partial charge in [-0.1, -0.05) is 0 Å². The van der Waals surface area contributed by atoms with Crippen molar-refractivity contribution in [3.63, 3.8) is 0 Å². The zero-order chi connectivity index (χ0) is 13.8. The normalized spacial score (nSPS) is 10.2. The molecular formula is C10H12N6O2S. The van der Waals surface area contributed by atoms with Crippen molar-refractivity contribution in [2.75, 3.05) is 10.7 Å². The maximum absolute atomic E-state index is 10.9. The Morgan fingerprint density at radius 2 is 2.26 bits per heavy atom. The highest BCUT2D eigenvalue weighted by Gasteiger charge is 2.15. The van der Waals surface area contributed by atoms with E-state index < -0.39 is 4.92 Å². The van der Waals surface area contributed by atoms with E-state index in [9.17, 15) is 10.1 Å². The molecule has 0 saturated heterocycles. The third-order valence-electron chi connectivity index (χ3n) is 2.32. The number of aromatic nitrogens is 2. The van der Waals surface area contributed by atoms with Crippen LogP contribution in [0.5, 0.6) is 0 Å². The van der Waals surface area contributed by atoms with E-state index >= 15 is 0 Å². The molecule has 9 heteroatoms. The Labute approximate surface area is 112 Å². The lowest BCUT2D eigenvalue weighted by Gasteiger charge is -2.06. The van der Waals surface area contributed by atoms with E-state index in [2.05, 4.69) is 20.7 Å². The van der Waals surface area contributed by atoms with Crippen LogP contribution in [0.15, 0.2) is 17.5 Å². The van der Waals surface area contributed by atoms with Gasteiger partial charge in [-0.3, -0.25) is 10.1 Å². The molecule has 2 aromatic rings. The highest BCUT2D eigenvalue weighted by atomic mass is 32.1. The summed E-state index contributed by atoms with van der Waals surface area (Å²) in [6.45, 7) is 2.26. The number of nitro groups is 1. The minimum absolute atomic E-state index is 0.106. The number of anilines is 2. The molecule has 0 fully saturated rings. The molecule has 0 aliphatic rings. The summed E-state index contributed by atoms with van der Waals surface area (Å²) in [5.74, 6) is 5.74. The molecule has 19 heavy (non-hydrogen) atoms. The number of nitrogens with zero attached hydrogens (tertiary/aromatic N) is 3. The average Bonchev–Trinajstić information content (AvgIpc) is 2.81. The van der Waals surface area contributed by atoms with Crippen molar-refractivity contribution in [3.05, 3.63) is 38.3 Å².